The first-order valence-corrected chi connectivity index (χ1v) is 6.66. The van der Waals surface area contributed by atoms with E-state index in [4.69, 9.17) is 5.73 Å². The average molecular weight is 215 g/mol. The number of aryl methyl sites for hydroxylation is 2. The van der Waals surface area contributed by atoms with E-state index in [0.717, 1.165) is 6.42 Å². The van der Waals surface area contributed by atoms with Crippen molar-refractivity contribution in [2.45, 2.75) is 57.9 Å². The van der Waals surface area contributed by atoms with Gasteiger partial charge in [-0.15, -0.1) is 0 Å². The first kappa shape index (κ1) is 10.3. The van der Waals surface area contributed by atoms with Crippen LogP contribution in [0.5, 0.6) is 0 Å². The molecule has 2 aliphatic carbocycles. The summed E-state index contributed by atoms with van der Waals surface area (Å²) in [5.41, 5.74) is 14.2. The van der Waals surface area contributed by atoms with Crippen LogP contribution in [-0.2, 0) is 32.1 Å². The molecule has 1 aromatic carbocycles. The van der Waals surface area contributed by atoms with Crippen LogP contribution in [0.4, 0.5) is 0 Å². The van der Waals surface area contributed by atoms with Crippen molar-refractivity contribution in [3.05, 3.63) is 33.9 Å². The highest BCUT2D eigenvalue weighted by Crippen LogP contribution is 2.35. The largest absolute Gasteiger partial charge is 0.328 e. The van der Waals surface area contributed by atoms with Crippen LogP contribution in [0.25, 0.3) is 0 Å². The highest BCUT2D eigenvalue weighted by atomic mass is 14.6. The Hall–Kier alpha value is -0.820. The van der Waals surface area contributed by atoms with Crippen molar-refractivity contribution < 1.29 is 0 Å². The van der Waals surface area contributed by atoms with Crippen LogP contribution in [0.3, 0.4) is 0 Å². The van der Waals surface area contributed by atoms with E-state index in [1.165, 1.54) is 38.5 Å². The quantitative estimate of drug-likeness (QED) is 0.806. The third kappa shape index (κ3) is 1.58. The van der Waals surface area contributed by atoms with E-state index < -0.39 is 0 Å². The van der Waals surface area contributed by atoms with Crippen LogP contribution < -0.4 is 5.73 Å². The monoisotopic (exact) mass is 215 g/mol. The molecule has 1 unspecified atom stereocenters. The molecule has 0 spiro atoms. The highest BCUT2D eigenvalue weighted by molar-refractivity contribution is 5.50. The van der Waals surface area contributed by atoms with Gasteiger partial charge in [0, 0.05) is 6.04 Å². The zero-order valence-electron chi connectivity index (χ0n) is 10.2. The van der Waals surface area contributed by atoms with Gasteiger partial charge in [0.25, 0.3) is 0 Å². The molecule has 0 heterocycles. The molecule has 0 aromatic heterocycles. The lowest BCUT2D eigenvalue weighted by Crippen LogP contribution is -2.20. The molecule has 0 saturated heterocycles. The van der Waals surface area contributed by atoms with Crippen molar-refractivity contribution in [2.24, 2.45) is 5.73 Å². The minimum absolute atomic E-state index is 0.303. The van der Waals surface area contributed by atoms with E-state index in [1.54, 1.807) is 27.8 Å². The SMILES string of the molecule is CC(N)Cc1c2c(cc3c1CCC3)CCC2. The third-order valence-corrected chi connectivity index (χ3v) is 4.12. The standard InChI is InChI=1S/C15H21N/c1-10(16)8-15-13-6-2-4-11(13)9-12-5-3-7-14(12)15/h9-10H,2-8,16H2,1H3. The zero-order valence-corrected chi connectivity index (χ0v) is 10.2. The predicted molar refractivity (Wildman–Crippen MR) is 67.8 cm³/mol. The predicted octanol–water partition coefficient (Wildman–Crippen LogP) is 2.55. The van der Waals surface area contributed by atoms with Crippen molar-refractivity contribution in [1.82, 2.24) is 0 Å². The number of benzene rings is 1. The van der Waals surface area contributed by atoms with Gasteiger partial charge in [0.15, 0.2) is 0 Å². The summed E-state index contributed by atoms with van der Waals surface area (Å²) in [4.78, 5) is 0. The fourth-order valence-electron chi connectivity index (χ4n) is 3.50. The fourth-order valence-corrected chi connectivity index (χ4v) is 3.50. The Morgan fingerprint density at radius 1 is 1.06 bits per heavy atom. The summed E-state index contributed by atoms with van der Waals surface area (Å²) in [6.07, 6.45) is 8.98. The van der Waals surface area contributed by atoms with Crippen molar-refractivity contribution in [2.75, 3.05) is 0 Å². The summed E-state index contributed by atoms with van der Waals surface area (Å²) < 4.78 is 0. The number of nitrogens with two attached hydrogens (primary N) is 1. The van der Waals surface area contributed by atoms with Gasteiger partial charge in [0.1, 0.15) is 0 Å². The van der Waals surface area contributed by atoms with Crippen LogP contribution in [0.15, 0.2) is 6.07 Å². The summed E-state index contributed by atoms with van der Waals surface area (Å²) in [5.74, 6) is 0. The molecule has 3 rings (SSSR count). The Morgan fingerprint density at radius 2 is 1.62 bits per heavy atom. The van der Waals surface area contributed by atoms with Gasteiger partial charge >= 0.3 is 0 Å². The first-order valence-electron chi connectivity index (χ1n) is 6.66. The molecule has 1 heteroatoms. The molecule has 86 valence electrons. The van der Waals surface area contributed by atoms with E-state index in [2.05, 4.69) is 13.0 Å². The molecule has 0 fully saturated rings. The summed E-state index contributed by atoms with van der Waals surface area (Å²) >= 11 is 0. The smallest absolute Gasteiger partial charge is 0.00511 e. The molecule has 0 aliphatic heterocycles. The Bertz CT molecular complexity index is 386. The minimum atomic E-state index is 0.303. The zero-order chi connectivity index (χ0) is 11.1. The Kier molecular flexibility index (Phi) is 2.51. The van der Waals surface area contributed by atoms with Crippen LogP contribution >= 0.6 is 0 Å². The summed E-state index contributed by atoms with van der Waals surface area (Å²) in [5, 5.41) is 0. The second-order valence-corrected chi connectivity index (χ2v) is 5.52. The molecular formula is C15H21N. The number of rotatable bonds is 2. The summed E-state index contributed by atoms with van der Waals surface area (Å²) in [6, 6.07) is 2.80. The van der Waals surface area contributed by atoms with Crippen LogP contribution in [-0.4, -0.2) is 6.04 Å². The molecule has 1 nitrogen and oxygen atoms in total. The maximum absolute atomic E-state index is 6.01. The van der Waals surface area contributed by atoms with Gasteiger partial charge in [0.2, 0.25) is 0 Å². The van der Waals surface area contributed by atoms with Gasteiger partial charge in [-0.05, 0) is 79.7 Å². The molecule has 1 atom stereocenters. The van der Waals surface area contributed by atoms with Crippen molar-refractivity contribution in [1.29, 1.82) is 0 Å². The van der Waals surface area contributed by atoms with Gasteiger partial charge in [-0.1, -0.05) is 6.07 Å². The van der Waals surface area contributed by atoms with E-state index in [-0.39, 0.29) is 0 Å². The Balaban J connectivity index is 2.12. The minimum Gasteiger partial charge on any atom is -0.328 e. The van der Waals surface area contributed by atoms with Crippen molar-refractivity contribution >= 4 is 0 Å². The average Bonchev–Trinajstić information content (AvgIpc) is 2.83. The third-order valence-electron chi connectivity index (χ3n) is 4.12. The van der Waals surface area contributed by atoms with Gasteiger partial charge in [-0.3, -0.25) is 0 Å². The van der Waals surface area contributed by atoms with Crippen molar-refractivity contribution in [3.63, 3.8) is 0 Å². The molecule has 2 N–H and O–H groups in total. The fraction of sp³-hybridized carbons (Fsp3) is 0.600. The molecule has 0 saturated carbocycles. The maximum Gasteiger partial charge on any atom is 0.00511 e. The van der Waals surface area contributed by atoms with Crippen LogP contribution in [0, 0.1) is 0 Å². The Labute approximate surface area is 98.0 Å². The number of hydrogen-bond donors (Lipinski definition) is 1. The lowest BCUT2D eigenvalue weighted by atomic mass is 9.90. The number of hydrogen-bond acceptors (Lipinski definition) is 1. The summed E-state index contributed by atoms with van der Waals surface area (Å²) in [6.45, 7) is 2.13. The normalized spacial score (nSPS) is 19.6. The highest BCUT2D eigenvalue weighted by Gasteiger charge is 2.23. The van der Waals surface area contributed by atoms with Crippen molar-refractivity contribution in [3.8, 4) is 0 Å². The first-order chi connectivity index (χ1) is 7.75. The second-order valence-electron chi connectivity index (χ2n) is 5.52. The maximum atomic E-state index is 6.01. The lowest BCUT2D eigenvalue weighted by molar-refractivity contribution is 0.725. The van der Waals surface area contributed by atoms with Crippen LogP contribution in [0.1, 0.15) is 47.6 Å². The number of fused-ring (bicyclic) bond motifs is 2. The molecule has 16 heavy (non-hydrogen) atoms. The van der Waals surface area contributed by atoms with Gasteiger partial charge < -0.3 is 5.73 Å². The molecule has 0 bridgehead atoms. The molecule has 0 radical (unpaired) electrons. The summed E-state index contributed by atoms with van der Waals surface area (Å²) in [7, 11) is 0. The lowest BCUT2D eigenvalue weighted by Gasteiger charge is -2.16. The molecular weight excluding hydrogens is 194 g/mol. The topological polar surface area (TPSA) is 26.0 Å². The van der Waals surface area contributed by atoms with E-state index >= 15 is 0 Å². The molecule has 0 amide bonds. The van der Waals surface area contributed by atoms with E-state index in [0.29, 0.717) is 6.04 Å². The Morgan fingerprint density at radius 3 is 2.12 bits per heavy atom. The van der Waals surface area contributed by atoms with Gasteiger partial charge in [-0.2, -0.15) is 0 Å². The second kappa shape index (κ2) is 3.89. The molecule has 1 aromatic rings. The van der Waals surface area contributed by atoms with Gasteiger partial charge in [-0.25, -0.2) is 0 Å². The van der Waals surface area contributed by atoms with Crippen LogP contribution in [0.2, 0.25) is 0 Å². The van der Waals surface area contributed by atoms with E-state index in [9.17, 15) is 0 Å². The van der Waals surface area contributed by atoms with E-state index in [1.807, 2.05) is 0 Å². The van der Waals surface area contributed by atoms with Gasteiger partial charge in [0.05, 0.1) is 0 Å². The molecule has 2 aliphatic rings.